The molecule has 8 aromatic rings. The summed E-state index contributed by atoms with van der Waals surface area (Å²) in [6, 6.07) is 15.9. The van der Waals surface area contributed by atoms with Crippen LogP contribution < -0.4 is 15.2 Å². The molecule has 35 nitrogen and oxygen atoms in total. The van der Waals surface area contributed by atoms with Crippen LogP contribution in [0.4, 0.5) is 51.2 Å². The zero-order valence-electron chi connectivity index (χ0n) is 42.2. The number of phenols is 3. The first-order chi connectivity index (χ1) is 40.6. The number of aromatic hydroxyl groups is 3. The predicted octanol–water partition coefficient (Wildman–Crippen LogP) is 11.8. The Labute approximate surface area is 492 Å². The molecule has 8 rings (SSSR count). The van der Waals surface area contributed by atoms with Crippen LogP contribution in [-0.2, 0) is 68.6 Å². The molecular formula is C44H33N9O26S7. The van der Waals surface area contributed by atoms with Crippen LogP contribution in [0.2, 0.25) is 0 Å². The number of azo groups is 4. The Kier molecular flexibility index (Phi) is 19.3. The van der Waals surface area contributed by atoms with Crippen molar-refractivity contribution in [1.82, 2.24) is 0 Å². The zero-order valence-corrected chi connectivity index (χ0v) is 47.9. The molecule has 452 valence electrons. The van der Waals surface area contributed by atoms with Crippen molar-refractivity contribution >= 4 is 160 Å². The quantitative estimate of drug-likeness (QED) is 0.00707. The molecule has 0 radical (unpaired) electrons. The van der Waals surface area contributed by atoms with Gasteiger partial charge in [0.2, 0.25) is 0 Å². The van der Waals surface area contributed by atoms with Crippen molar-refractivity contribution in [2.75, 3.05) is 20.0 Å². The van der Waals surface area contributed by atoms with Gasteiger partial charge in [-0.05, 0) is 101 Å². The SMILES string of the molecule is COc1ccc(N=Nc2c(S(=O)(=O)O)cc3cc(N=Nc4c(S(=O)(=O)O)cc5cc(SOOO)c(N=Nc6cc7c(O)c(N=Nc8ccc(OC)cc8S(=O)(=O)O)c(SOOO)cc7cc6S(=O)(=O)O)c(N)c5c4O)ccc3c2O)c(SOOO)c1. The van der Waals surface area contributed by atoms with Crippen LogP contribution in [0.1, 0.15) is 0 Å². The van der Waals surface area contributed by atoms with Crippen LogP contribution >= 0.6 is 36.1 Å². The number of nitrogens with two attached hydrogens (primary N) is 1. The Hall–Kier alpha value is -7.93. The number of phenolic OH excluding ortho intramolecular Hbond substituents is 3. The van der Waals surface area contributed by atoms with Gasteiger partial charge in [0.25, 0.3) is 40.5 Å². The number of ether oxygens (including phenoxy) is 2. The molecule has 8 aromatic carbocycles. The molecule has 0 aliphatic heterocycles. The molecule has 42 heteroatoms. The number of anilines is 1. The van der Waals surface area contributed by atoms with Gasteiger partial charge < -0.3 is 30.5 Å². The van der Waals surface area contributed by atoms with Crippen molar-refractivity contribution in [2.45, 2.75) is 34.3 Å². The van der Waals surface area contributed by atoms with Crippen molar-refractivity contribution in [2.24, 2.45) is 40.9 Å². The summed E-state index contributed by atoms with van der Waals surface area (Å²) >= 11 is 0.702. The molecule has 0 aliphatic carbocycles. The second kappa shape index (κ2) is 26.0. The number of nitrogens with zero attached hydrogens (tertiary/aromatic N) is 8. The van der Waals surface area contributed by atoms with E-state index in [1.165, 1.54) is 38.5 Å². The number of hydrogen-bond acceptors (Lipinski definition) is 34. The van der Waals surface area contributed by atoms with E-state index < -0.39 is 123 Å². The average Bonchev–Trinajstić information content (AvgIpc) is 0.917. The van der Waals surface area contributed by atoms with Crippen molar-refractivity contribution < 1.29 is 121 Å². The molecule has 0 amide bonds. The summed E-state index contributed by atoms with van der Waals surface area (Å²) in [7, 11) is -18.4. The highest BCUT2D eigenvalue weighted by molar-refractivity contribution is 7.95. The number of hydrogen-bond donors (Lipinski definition) is 11. The topological polar surface area (TPSA) is 538 Å². The first-order valence-corrected chi connectivity index (χ1v) is 30.2. The summed E-state index contributed by atoms with van der Waals surface area (Å²) in [5, 5.41) is 102. The molecule has 0 bridgehead atoms. The van der Waals surface area contributed by atoms with E-state index in [-0.39, 0.29) is 88.6 Å². The van der Waals surface area contributed by atoms with Gasteiger partial charge in [0, 0.05) is 16.8 Å². The van der Waals surface area contributed by atoms with Crippen LogP contribution in [0.3, 0.4) is 0 Å². The highest BCUT2D eigenvalue weighted by Gasteiger charge is 2.29. The fourth-order valence-electron chi connectivity index (χ4n) is 7.73. The lowest BCUT2D eigenvalue weighted by atomic mass is 10.0. The van der Waals surface area contributed by atoms with E-state index in [0.717, 1.165) is 66.7 Å². The molecule has 0 aliphatic rings. The van der Waals surface area contributed by atoms with Gasteiger partial charge in [-0.25, -0.2) is 15.8 Å². The third-order valence-electron chi connectivity index (χ3n) is 11.4. The van der Waals surface area contributed by atoms with Crippen LogP contribution in [-0.4, -0.2) is 97.2 Å². The van der Waals surface area contributed by atoms with E-state index in [4.69, 9.17) is 31.0 Å². The standard InChI is InChI=1S/C44H33N9O26S7/c1-72-22-4-7-26(29(15-22)80-77-74-57)47-53-40-34(85(66,67)68)13-18-9-21(3-6-24(18)42(40)54)46-52-41-35(86(69,70)71)14-20-11-30(81-78-75-58)38(37(45)36(20)44(41)56)50-49-28-17-25-19(12-32(28)83(60,61)62)10-31(82-79-76-59)39(43(25)55)51-48-27-8-5-23(73-2)16-33(27)84(63,64)65/h3-17,54-59H,45H2,1-2H3,(H,60,61,62)(H,63,64,65)(H,66,67,68)(H,69,70,71). The lowest BCUT2D eigenvalue weighted by molar-refractivity contribution is -0.432. The number of benzene rings is 8. The van der Waals surface area contributed by atoms with Gasteiger partial charge in [-0.3, -0.25) is 18.2 Å². The molecule has 12 N–H and O–H groups in total. The summed E-state index contributed by atoms with van der Waals surface area (Å²) in [4.78, 5) is -4.52. The van der Waals surface area contributed by atoms with Crippen LogP contribution in [0.25, 0.3) is 32.3 Å². The van der Waals surface area contributed by atoms with Crippen molar-refractivity contribution in [3.63, 3.8) is 0 Å². The minimum absolute atomic E-state index is 0.0255. The van der Waals surface area contributed by atoms with Gasteiger partial charge in [0.1, 0.15) is 70.9 Å². The monoisotopic (exact) mass is 1330 g/mol. The van der Waals surface area contributed by atoms with E-state index in [0.29, 0.717) is 12.0 Å². The van der Waals surface area contributed by atoms with E-state index in [2.05, 4.69) is 69.0 Å². The first-order valence-electron chi connectivity index (χ1n) is 22.2. The van der Waals surface area contributed by atoms with Crippen LogP contribution in [0.15, 0.2) is 166 Å². The summed E-state index contributed by atoms with van der Waals surface area (Å²) in [5.74, 6) is -2.64. The van der Waals surface area contributed by atoms with E-state index >= 15 is 0 Å². The Morgan fingerprint density at radius 2 is 0.849 bits per heavy atom. The molecule has 0 saturated heterocycles. The molecule has 0 heterocycles. The number of rotatable bonds is 23. The van der Waals surface area contributed by atoms with Crippen LogP contribution in [0.5, 0.6) is 28.7 Å². The highest BCUT2D eigenvalue weighted by Crippen LogP contribution is 2.52. The molecule has 0 saturated carbocycles. The first kappa shape index (κ1) is 64.1. The molecule has 0 spiro atoms. The van der Waals surface area contributed by atoms with Gasteiger partial charge >= 0.3 is 0 Å². The van der Waals surface area contributed by atoms with Crippen LogP contribution in [0, 0.1) is 0 Å². The molecular weight excluding hydrogens is 1290 g/mol. The second-order valence-electron chi connectivity index (χ2n) is 16.4. The zero-order chi connectivity index (χ0) is 62.6. The van der Waals surface area contributed by atoms with Gasteiger partial charge in [-0.1, -0.05) is 15.1 Å². The van der Waals surface area contributed by atoms with Gasteiger partial charge in [-0.2, -0.15) is 38.8 Å². The lowest BCUT2D eigenvalue weighted by Crippen LogP contribution is -2.00. The second-order valence-corrected chi connectivity index (χ2v) is 24.2. The number of fused-ring (bicyclic) bond motifs is 3. The molecule has 0 aromatic heterocycles. The Bertz CT molecular complexity index is 4660. The summed E-state index contributed by atoms with van der Waals surface area (Å²) in [5.41, 5.74) is 1.26. The maximum Gasteiger partial charge on any atom is 0.296 e. The Morgan fingerprint density at radius 1 is 0.407 bits per heavy atom. The summed E-state index contributed by atoms with van der Waals surface area (Å²) in [6.45, 7) is 0. The molecule has 0 fully saturated rings. The smallest absolute Gasteiger partial charge is 0.296 e. The fourth-order valence-corrected chi connectivity index (χ4v) is 11.8. The molecule has 0 atom stereocenters. The van der Waals surface area contributed by atoms with Gasteiger partial charge in [0.15, 0.2) is 17.2 Å². The summed E-state index contributed by atoms with van der Waals surface area (Å²) in [6.07, 6.45) is 0. The lowest BCUT2D eigenvalue weighted by Gasteiger charge is -2.14. The maximum atomic E-state index is 12.9. The number of methoxy groups -OCH3 is 2. The van der Waals surface area contributed by atoms with Crippen molar-refractivity contribution in [3.05, 3.63) is 91.0 Å². The van der Waals surface area contributed by atoms with Gasteiger partial charge in [0.05, 0.1) is 81.8 Å². The normalized spacial score (nSPS) is 12.8. The largest absolute Gasteiger partial charge is 0.505 e. The minimum atomic E-state index is -5.39. The number of nitrogen functional groups attached to an aromatic ring is 1. The highest BCUT2D eigenvalue weighted by atomic mass is 32.2. The van der Waals surface area contributed by atoms with E-state index in [9.17, 15) is 67.2 Å². The third kappa shape index (κ3) is 14.0. The molecule has 0 unspecified atom stereocenters. The Morgan fingerprint density at radius 3 is 1.44 bits per heavy atom. The van der Waals surface area contributed by atoms with Crippen molar-refractivity contribution in [3.8, 4) is 28.7 Å². The molecule has 86 heavy (non-hydrogen) atoms. The van der Waals surface area contributed by atoms with E-state index in [1.54, 1.807) is 0 Å². The predicted molar refractivity (Wildman–Crippen MR) is 295 cm³/mol. The Balaban J connectivity index is 1.25. The van der Waals surface area contributed by atoms with E-state index in [1.807, 2.05) is 0 Å². The fraction of sp³-hybridized carbons (Fsp3) is 0.0455. The maximum absolute atomic E-state index is 12.9. The average molecular weight is 1330 g/mol. The minimum Gasteiger partial charge on any atom is -0.505 e. The summed E-state index contributed by atoms with van der Waals surface area (Å²) < 4.78 is 166. The van der Waals surface area contributed by atoms with Gasteiger partial charge in [-0.15, -0.1) is 48.8 Å². The third-order valence-corrected chi connectivity index (χ3v) is 16.8. The van der Waals surface area contributed by atoms with Crippen molar-refractivity contribution in [1.29, 1.82) is 0 Å².